The number of anilines is 2. The van der Waals surface area contributed by atoms with E-state index in [-0.39, 0.29) is 0 Å². The van der Waals surface area contributed by atoms with Crippen LogP contribution in [0.5, 0.6) is 0 Å². The van der Waals surface area contributed by atoms with Crippen LogP contribution >= 0.6 is 11.3 Å². The van der Waals surface area contributed by atoms with Gasteiger partial charge < -0.3 is 10.6 Å². The average Bonchev–Trinajstić information content (AvgIpc) is 3.09. The van der Waals surface area contributed by atoms with E-state index in [1.165, 1.54) is 29.1 Å². The molecule has 3 rings (SSSR count). The lowest BCUT2D eigenvalue weighted by molar-refractivity contribution is 0.570. The molecule has 0 bridgehead atoms. The predicted molar refractivity (Wildman–Crippen MR) is 83.9 cm³/mol. The maximum Gasteiger partial charge on any atom is 0.186 e. The Morgan fingerprint density at radius 1 is 1.42 bits per heavy atom. The molecule has 0 unspecified atom stereocenters. The van der Waals surface area contributed by atoms with Gasteiger partial charge in [0.15, 0.2) is 5.13 Å². The van der Waals surface area contributed by atoms with E-state index in [2.05, 4.69) is 18.7 Å². The molecule has 0 saturated heterocycles. The maximum absolute atomic E-state index is 5.85. The smallest absolute Gasteiger partial charge is 0.186 e. The zero-order chi connectivity index (χ0) is 13.4. The van der Waals surface area contributed by atoms with E-state index >= 15 is 0 Å². The van der Waals surface area contributed by atoms with Crippen molar-refractivity contribution in [2.24, 2.45) is 5.92 Å². The largest absolute Gasteiger partial charge is 0.399 e. The number of nitrogens with zero attached hydrogens (tertiary/aromatic N) is 2. The number of thiazole rings is 1. The summed E-state index contributed by atoms with van der Waals surface area (Å²) < 4.78 is 1.20. The highest BCUT2D eigenvalue weighted by Gasteiger charge is 2.30. The molecule has 0 atom stereocenters. The normalized spacial score (nSPS) is 15.3. The number of benzene rings is 1. The molecule has 1 aliphatic carbocycles. The summed E-state index contributed by atoms with van der Waals surface area (Å²) in [5, 5.41) is 1.17. The Hall–Kier alpha value is -1.29. The Kier molecular flexibility index (Phi) is 3.35. The Morgan fingerprint density at radius 2 is 2.21 bits per heavy atom. The summed E-state index contributed by atoms with van der Waals surface area (Å²) in [5.41, 5.74) is 7.74. The number of aromatic nitrogens is 1. The second-order valence-corrected chi connectivity index (χ2v) is 6.84. The molecule has 102 valence electrons. The number of hydrogen-bond acceptors (Lipinski definition) is 4. The van der Waals surface area contributed by atoms with Crippen molar-refractivity contribution in [3.8, 4) is 0 Å². The van der Waals surface area contributed by atoms with Crippen molar-refractivity contribution in [1.29, 1.82) is 0 Å². The highest BCUT2D eigenvalue weighted by molar-refractivity contribution is 7.22. The van der Waals surface area contributed by atoms with Crippen LogP contribution in [0.1, 0.15) is 33.1 Å². The molecule has 19 heavy (non-hydrogen) atoms. The van der Waals surface area contributed by atoms with Gasteiger partial charge >= 0.3 is 0 Å². The molecule has 3 nitrogen and oxygen atoms in total. The Morgan fingerprint density at radius 3 is 2.89 bits per heavy atom. The molecule has 0 amide bonds. The molecule has 0 radical (unpaired) electrons. The van der Waals surface area contributed by atoms with E-state index in [1.54, 1.807) is 11.3 Å². The zero-order valence-electron chi connectivity index (χ0n) is 11.6. The summed E-state index contributed by atoms with van der Waals surface area (Å²) in [6.45, 7) is 5.69. The van der Waals surface area contributed by atoms with Crippen LogP contribution in [0.2, 0.25) is 0 Å². The van der Waals surface area contributed by atoms with Crippen molar-refractivity contribution in [1.82, 2.24) is 4.98 Å². The molecule has 4 heteroatoms. The molecule has 1 heterocycles. The van der Waals surface area contributed by atoms with Gasteiger partial charge in [0.1, 0.15) is 0 Å². The maximum atomic E-state index is 5.85. The van der Waals surface area contributed by atoms with Gasteiger partial charge in [0.2, 0.25) is 0 Å². The van der Waals surface area contributed by atoms with Crippen LogP contribution in [0.25, 0.3) is 10.2 Å². The van der Waals surface area contributed by atoms with Crippen LogP contribution in [-0.2, 0) is 0 Å². The first-order valence-corrected chi connectivity index (χ1v) is 7.88. The first kappa shape index (κ1) is 12.7. The Bertz CT molecular complexity index is 572. The molecule has 2 N–H and O–H groups in total. The van der Waals surface area contributed by atoms with Crippen molar-refractivity contribution < 1.29 is 0 Å². The van der Waals surface area contributed by atoms with Gasteiger partial charge in [-0.1, -0.05) is 25.2 Å². The number of nitrogens with two attached hydrogens (primary N) is 1. The van der Waals surface area contributed by atoms with Crippen molar-refractivity contribution in [3.63, 3.8) is 0 Å². The number of hydrogen-bond donors (Lipinski definition) is 1. The minimum absolute atomic E-state index is 0.719. The molecule has 1 aromatic carbocycles. The zero-order valence-corrected chi connectivity index (χ0v) is 12.4. The van der Waals surface area contributed by atoms with Crippen molar-refractivity contribution in [2.75, 3.05) is 17.2 Å². The van der Waals surface area contributed by atoms with Gasteiger partial charge in [-0.15, -0.1) is 0 Å². The fraction of sp³-hybridized carbons (Fsp3) is 0.533. The number of rotatable bonds is 5. The molecule has 1 saturated carbocycles. The summed E-state index contributed by atoms with van der Waals surface area (Å²) in [6.07, 6.45) is 3.86. The van der Waals surface area contributed by atoms with Crippen LogP contribution < -0.4 is 10.6 Å². The van der Waals surface area contributed by atoms with E-state index in [9.17, 15) is 0 Å². The first-order chi connectivity index (χ1) is 9.13. The second kappa shape index (κ2) is 5.00. The summed E-state index contributed by atoms with van der Waals surface area (Å²) in [6, 6.07) is 6.71. The SMILES string of the molecule is CC(C)CCN(c1nc2ccc(N)cc2s1)C1CC1. The van der Waals surface area contributed by atoms with E-state index in [0.717, 1.165) is 29.7 Å². The molecule has 1 aromatic heterocycles. The van der Waals surface area contributed by atoms with Crippen molar-refractivity contribution in [3.05, 3.63) is 18.2 Å². The van der Waals surface area contributed by atoms with Crippen LogP contribution in [0.15, 0.2) is 18.2 Å². The Labute approximate surface area is 118 Å². The monoisotopic (exact) mass is 275 g/mol. The van der Waals surface area contributed by atoms with Crippen LogP contribution in [0, 0.1) is 5.92 Å². The van der Waals surface area contributed by atoms with E-state index < -0.39 is 0 Å². The van der Waals surface area contributed by atoms with E-state index in [4.69, 9.17) is 10.7 Å². The highest BCUT2D eigenvalue weighted by Crippen LogP contribution is 2.37. The molecule has 0 aliphatic heterocycles. The molecule has 2 aromatic rings. The third-order valence-electron chi connectivity index (χ3n) is 3.58. The second-order valence-electron chi connectivity index (χ2n) is 5.83. The van der Waals surface area contributed by atoms with Gasteiger partial charge in [-0.2, -0.15) is 0 Å². The fourth-order valence-electron chi connectivity index (χ4n) is 2.27. The van der Waals surface area contributed by atoms with Crippen LogP contribution in [0.4, 0.5) is 10.8 Å². The van der Waals surface area contributed by atoms with Crippen LogP contribution in [-0.4, -0.2) is 17.6 Å². The van der Waals surface area contributed by atoms with Gasteiger partial charge in [0, 0.05) is 18.3 Å². The topological polar surface area (TPSA) is 42.2 Å². The Balaban J connectivity index is 1.87. The summed E-state index contributed by atoms with van der Waals surface area (Å²) in [4.78, 5) is 7.28. The molecule has 1 fully saturated rings. The first-order valence-electron chi connectivity index (χ1n) is 7.06. The number of fused-ring (bicyclic) bond motifs is 1. The lowest BCUT2D eigenvalue weighted by Crippen LogP contribution is -2.27. The standard InChI is InChI=1S/C15H21N3S/c1-10(2)7-8-18(12-4-5-12)15-17-13-6-3-11(16)9-14(13)19-15/h3,6,9-10,12H,4-5,7-8,16H2,1-2H3. The van der Waals surface area contributed by atoms with Gasteiger partial charge in [0.05, 0.1) is 10.2 Å². The molecular formula is C15H21N3S. The minimum atomic E-state index is 0.719. The summed E-state index contributed by atoms with van der Waals surface area (Å²) in [7, 11) is 0. The summed E-state index contributed by atoms with van der Waals surface area (Å²) in [5.74, 6) is 0.742. The lowest BCUT2D eigenvalue weighted by atomic mass is 10.1. The van der Waals surface area contributed by atoms with E-state index in [1.807, 2.05) is 18.2 Å². The van der Waals surface area contributed by atoms with Crippen molar-refractivity contribution in [2.45, 2.75) is 39.2 Å². The highest BCUT2D eigenvalue weighted by atomic mass is 32.1. The minimum Gasteiger partial charge on any atom is -0.399 e. The predicted octanol–water partition coefficient (Wildman–Crippen LogP) is 3.89. The van der Waals surface area contributed by atoms with E-state index in [0.29, 0.717) is 0 Å². The lowest BCUT2D eigenvalue weighted by Gasteiger charge is -2.22. The molecule has 0 spiro atoms. The third kappa shape index (κ3) is 2.84. The molecular weight excluding hydrogens is 254 g/mol. The van der Waals surface area contributed by atoms with Crippen LogP contribution in [0.3, 0.4) is 0 Å². The van der Waals surface area contributed by atoms with Crippen molar-refractivity contribution >= 4 is 32.4 Å². The molecule has 1 aliphatic rings. The van der Waals surface area contributed by atoms with Gasteiger partial charge in [-0.05, 0) is 43.4 Å². The summed E-state index contributed by atoms with van der Waals surface area (Å²) >= 11 is 1.77. The van der Waals surface area contributed by atoms with Gasteiger partial charge in [0.25, 0.3) is 0 Å². The fourth-order valence-corrected chi connectivity index (χ4v) is 3.38. The quantitative estimate of drug-likeness (QED) is 0.842. The number of nitrogen functional groups attached to an aromatic ring is 1. The van der Waals surface area contributed by atoms with Gasteiger partial charge in [-0.3, -0.25) is 0 Å². The van der Waals surface area contributed by atoms with Gasteiger partial charge in [-0.25, -0.2) is 4.98 Å². The average molecular weight is 275 g/mol. The third-order valence-corrected chi connectivity index (χ3v) is 4.64.